The highest BCUT2D eigenvalue weighted by Crippen LogP contribution is 2.24. The Morgan fingerprint density at radius 2 is 1.50 bits per heavy atom. The van der Waals surface area contributed by atoms with Gasteiger partial charge in [0.05, 0.1) is 21.1 Å². The zero-order valence-electron chi connectivity index (χ0n) is 8.06. The molecule has 2 heteroatoms. The van der Waals surface area contributed by atoms with Crippen LogP contribution in [0.4, 0.5) is 0 Å². The molecule has 0 aliphatic heterocycles. The van der Waals surface area contributed by atoms with Crippen LogP contribution in [0.3, 0.4) is 0 Å². The summed E-state index contributed by atoms with van der Waals surface area (Å²) in [5.74, 6) is 1.18. The molecule has 0 radical (unpaired) electrons. The number of hydrogen-bond donors (Lipinski definition) is 0. The first kappa shape index (κ1) is 10.3. The van der Waals surface area contributed by atoms with Crippen molar-refractivity contribution >= 4 is 11.8 Å². The molecule has 0 saturated heterocycles. The maximum absolute atomic E-state index is 2.26. The van der Waals surface area contributed by atoms with Gasteiger partial charge in [-0.25, -0.2) is 0 Å². The molecule has 0 N–H and O–H groups in total. The van der Waals surface area contributed by atoms with Crippen molar-refractivity contribution in [2.75, 3.05) is 27.0 Å². The molecule has 0 aromatic rings. The minimum absolute atomic E-state index is 0.408. The Kier molecular flexibility index (Phi) is 3.24. The van der Waals surface area contributed by atoms with Crippen molar-refractivity contribution in [2.45, 2.75) is 25.5 Å². The molecule has 0 bridgehead atoms. The molecule has 0 aliphatic rings. The maximum atomic E-state index is 2.26. The van der Waals surface area contributed by atoms with E-state index in [0.717, 1.165) is 4.48 Å². The van der Waals surface area contributed by atoms with E-state index >= 15 is 0 Å². The lowest BCUT2D eigenvalue weighted by Crippen LogP contribution is -2.35. The predicted molar refractivity (Wildman–Crippen MR) is 50.2 cm³/mol. The maximum Gasteiger partial charge on any atom is 0.125 e. The van der Waals surface area contributed by atoms with Crippen LogP contribution in [0.1, 0.15) is 20.8 Å². The molecule has 0 heterocycles. The van der Waals surface area contributed by atoms with Gasteiger partial charge in [-0.15, -0.1) is 0 Å². The van der Waals surface area contributed by atoms with Crippen LogP contribution >= 0.6 is 11.8 Å². The van der Waals surface area contributed by atoms with Gasteiger partial charge in [-0.2, -0.15) is 0 Å². The van der Waals surface area contributed by atoms with Crippen LogP contribution in [0.5, 0.6) is 0 Å². The van der Waals surface area contributed by atoms with Crippen molar-refractivity contribution in [1.29, 1.82) is 0 Å². The molecule has 0 aromatic carbocycles. The lowest BCUT2D eigenvalue weighted by molar-refractivity contribution is -0.857. The smallest absolute Gasteiger partial charge is 0.125 e. The SMILES string of the molecule is CC(C)(C)SC[N+](C)(C)C. The number of hydrogen-bond acceptors (Lipinski definition) is 1. The third-order valence-electron chi connectivity index (χ3n) is 0.885. The van der Waals surface area contributed by atoms with Crippen LogP contribution < -0.4 is 0 Å². The molecule has 0 aliphatic carbocycles. The molecular weight excluding hydrogens is 142 g/mol. The molecule has 1 nitrogen and oxygen atoms in total. The highest BCUT2D eigenvalue weighted by Gasteiger charge is 2.15. The summed E-state index contributed by atoms with van der Waals surface area (Å²) in [5.41, 5.74) is 0. The summed E-state index contributed by atoms with van der Waals surface area (Å²) in [6, 6.07) is 0. The van der Waals surface area contributed by atoms with Gasteiger partial charge in [-0.1, -0.05) is 32.5 Å². The average molecular weight is 162 g/mol. The fraction of sp³-hybridized carbons (Fsp3) is 1.00. The molecular formula is C8H20NS+. The van der Waals surface area contributed by atoms with Gasteiger partial charge in [-0.05, 0) is 0 Å². The van der Waals surface area contributed by atoms with Gasteiger partial charge in [0, 0.05) is 4.75 Å². The minimum Gasteiger partial charge on any atom is -0.322 e. The third-order valence-corrected chi connectivity index (χ3v) is 2.65. The van der Waals surface area contributed by atoms with Gasteiger partial charge in [0.1, 0.15) is 5.88 Å². The van der Waals surface area contributed by atoms with Gasteiger partial charge in [-0.3, -0.25) is 0 Å². The van der Waals surface area contributed by atoms with Gasteiger partial charge >= 0.3 is 0 Å². The normalized spacial score (nSPS) is 13.8. The second kappa shape index (κ2) is 3.14. The van der Waals surface area contributed by atoms with E-state index in [9.17, 15) is 0 Å². The van der Waals surface area contributed by atoms with Crippen LogP contribution in [-0.4, -0.2) is 36.2 Å². The number of nitrogens with zero attached hydrogens (tertiary/aromatic N) is 1. The van der Waals surface area contributed by atoms with Gasteiger partial charge in [0.2, 0.25) is 0 Å². The second-order valence-corrected chi connectivity index (χ2v) is 6.45. The average Bonchev–Trinajstić information content (AvgIpc) is 1.57. The molecule has 0 amide bonds. The standard InChI is InChI=1S/C8H20NS/c1-8(2,3)10-7-9(4,5)6/h7H2,1-6H3/q+1. The van der Waals surface area contributed by atoms with Crippen LogP contribution in [0.2, 0.25) is 0 Å². The topological polar surface area (TPSA) is 0 Å². The Labute approximate surface area is 69.4 Å². The van der Waals surface area contributed by atoms with Crippen molar-refractivity contribution in [3.63, 3.8) is 0 Å². The summed E-state index contributed by atoms with van der Waals surface area (Å²) in [6.07, 6.45) is 0. The quantitative estimate of drug-likeness (QED) is 0.443. The van der Waals surface area contributed by atoms with E-state index in [2.05, 4.69) is 41.9 Å². The first-order valence-corrected chi connectivity index (χ1v) is 4.64. The van der Waals surface area contributed by atoms with Crippen molar-refractivity contribution in [2.24, 2.45) is 0 Å². The summed E-state index contributed by atoms with van der Waals surface area (Å²) >= 11 is 2.01. The van der Waals surface area contributed by atoms with E-state index in [0.29, 0.717) is 4.75 Å². The highest BCUT2D eigenvalue weighted by molar-refractivity contribution is 8.00. The Morgan fingerprint density at radius 3 is 1.60 bits per heavy atom. The van der Waals surface area contributed by atoms with E-state index in [1.165, 1.54) is 5.88 Å². The Hall–Kier alpha value is 0.310. The van der Waals surface area contributed by atoms with E-state index < -0.39 is 0 Å². The molecule has 0 aromatic heterocycles. The van der Waals surface area contributed by atoms with Crippen LogP contribution in [0, 0.1) is 0 Å². The molecule has 0 saturated carbocycles. The van der Waals surface area contributed by atoms with Crippen LogP contribution in [0.25, 0.3) is 0 Å². The summed E-state index contributed by atoms with van der Waals surface area (Å²) in [7, 11) is 6.66. The zero-order chi connectivity index (χ0) is 8.41. The van der Waals surface area contributed by atoms with Crippen LogP contribution in [-0.2, 0) is 0 Å². The molecule has 0 unspecified atom stereocenters. The number of rotatable bonds is 2. The summed E-state index contributed by atoms with van der Waals surface area (Å²) < 4.78 is 1.45. The second-order valence-electron chi connectivity index (χ2n) is 4.68. The van der Waals surface area contributed by atoms with Crippen molar-refractivity contribution in [1.82, 2.24) is 0 Å². The van der Waals surface area contributed by atoms with Crippen molar-refractivity contribution in [3.8, 4) is 0 Å². The van der Waals surface area contributed by atoms with E-state index in [1.54, 1.807) is 0 Å². The number of quaternary nitrogens is 1. The monoisotopic (exact) mass is 162 g/mol. The number of thioether (sulfide) groups is 1. The van der Waals surface area contributed by atoms with E-state index in [1.807, 2.05) is 11.8 Å². The summed E-state index contributed by atoms with van der Waals surface area (Å²) in [6.45, 7) is 6.77. The Morgan fingerprint density at radius 1 is 1.10 bits per heavy atom. The Bertz CT molecular complexity index is 82.8. The summed E-state index contributed by atoms with van der Waals surface area (Å²) in [4.78, 5) is 0. The minimum atomic E-state index is 0.408. The molecule has 62 valence electrons. The first-order chi connectivity index (χ1) is 4.21. The molecule has 0 spiro atoms. The molecule has 10 heavy (non-hydrogen) atoms. The fourth-order valence-corrected chi connectivity index (χ4v) is 1.16. The van der Waals surface area contributed by atoms with Gasteiger partial charge in [0.25, 0.3) is 0 Å². The van der Waals surface area contributed by atoms with E-state index in [4.69, 9.17) is 0 Å². The third kappa shape index (κ3) is 8.31. The van der Waals surface area contributed by atoms with Gasteiger partial charge < -0.3 is 4.48 Å². The van der Waals surface area contributed by atoms with Gasteiger partial charge in [0.15, 0.2) is 0 Å². The lowest BCUT2D eigenvalue weighted by Gasteiger charge is -2.27. The van der Waals surface area contributed by atoms with Crippen molar-refractivity contribution in [3.05, 3.63) is 0 Å². The van der Waals surface area contributed by atoms with Crippen LogP contribution in [0.15, 0.2) is 0 Å². The fourth-order valence-electron chi connectivity index (χ4n) is 0.387. The molecule has 0 fully saturated rings. The largest absolute Gasteiger partial charge is 0.322 e. The highest BCUT2D eigenvalue weighted by atomic mass is 32.2. The molecule has 0 atom stereocenters. The Balaban J connectivity index is 3.56. The summed E-state index contributed by atoms with van der Waals surface area (Å²) in [5, 5.41) is 0. The van der Waals surface area contributed by atoms with E-state index in [-0.39, 0.29) is 0 Å². The van der Waals surface area contributed by atoms with Crippen molar-refractivity contribution < 1.29 is 4.48 Å². The lowest BCUT2D eigenvalue weighted by atomic mass is 10.3. The zero-order valence-corrected chi connectivity index (χ0v) is 8.88. The molecule has 0 rings (SSSR count). The predicted octanol–water partition coefficient (Wildman–Crippen LogP) is 2.18. The first-order valence-electron chi connectivity index (χ1n) is 3.65.